The predicted octanol–water partition coefficient (Wildman–Crippen LogP) is 3.37. The standard InChI is InChI=1S/C17H18N2O2/c1-20-12-16(14-6-4-3-5-7-14)19-15-9-8-13(11-18)10-17(15)21-2/h3-10,16,19H,12H2,1-2H3. The SMILES string of the molecule is COCC(Nc1ccc(C#N)cc1OC)c1ccccc1. The van der Waals surface area contributed by atoms with Gasteiger partial charge in [-0.25, -0.2) is 0 Å². The van der Waals surface area contributed by atoms with Gasteiger partial charge < -0.3 is 14.8 Å². The Labute approximate surface area is 124 Å². The summed E-state index contributed by atoms with van der Waals surface area (Å²) in [5, 5.41) is 12.4. The van der Waals surface area contributed by atoms with Crippen LogP contribution in [0.1, 0.15) is 17.2 Å². The van der Waals surface area contributed by atoms with Gasteiger partial charge in [-0.3, -0.25) is 0 Å². The number of anilines is 1. The third kappa shape index (κ3) is 3.74. The van der Waals surface area contributed by atoms with Crippen LogP contribution in [0.3, 0.4) is 0 Å². The zero-order chi connectivity index (χ0) is 15.1. The van der Waals surface area contributed by atoms with E-state index in [9.17, 15) is 0 Å². The van der Waals surface area contributed by atoms with Crippen LogP contribution in [0, 0.1) is 11.3 Å². The molecule has 2 aromatic rings. The van der Waals surface area contributed by atoms with Crippen molar-refractivity contribution in [3.63, 3.8) is 0 Å². The summed E-state index contributed by atoms with van der Waals surface area (Å²) in [5.41, 5.74) is 2.54. The minimum atomic E-state index is 0.0121. The van der Waals surface area contributed by atoms with E-state index in [1.165, 1.54) is 0 Å². The molecule has 0 fully saturated rings. The molecule has 0 aromatic heterocycles. The monoisotopic (exact) mass is 282 g/mol. The number of nitriles is 1. The fourth-order valence-electron chi connectivity index (χ4n) is 2.14. The highest BCUT2D eigenvalue weighted by molar-refractivity contribution is 5.60. The summed E-state index contributed by atoms with van der Waals surface area (Å²) < 4.78 is 10.6. The van der Waals surface area contributed by atoms with Crippen LogP contribution in [0.15, 0.2) is 48.5 Å². The lowest BCUT2D eigenvalue weighted by molar-refractivity contribution is 0.186. The number of nitrogens with one attached hydrogen (secondary N) is 1. The van der Waals surface area contributed by atoms with E-state index < -0.39 is 0 Å². The van der Waals surface area contributed by atoms with E-state index in [1.54, 1.807) is 26.4 Å². The zero-order valence-corrected chi connectivity index (χ0v) is 12.2. The summed E-state index contributed by atoms with van der Waals surface area (Å²) in [4.78, 5) is 0. The molecule has 0 bridgehead atoms. The normalized spacial score (nSPS) is 11.5. The van der Waals surface area contributed by atoms with E-state index in [0.29, 0.717) is 17.9 Å². The molecular weight excluding hydrogens is 264 g/mol. The first-order valence-corrected chi connectivity index (χ1v) is 6.67. The molecule has 0 saturated carbocycles. The van der Waals surface area contributed by atoms with Crippen LogP contribution in [0.2, 0.25) is 0 Å². The molecule has 1 unspecified atom stereocenters. The molecule has 1 N–H and O–H groups in total. The van der Waals surface area contributed by atoms with Crippen LogP contribution in [0.4, 0.5) is 5.69 Å². The van der Waals surface area contributed by atoms with Crippen LogP contribution >= 0.6 is 0 Å². The molecule has 2 aromatic carbocycles. The van der Waals surface area contributed by atoms with E-state index in [1.807, 2.05) is 36.4 Å². The molecular formula is C17H18N2O2. The molecule has 0 aliphatic carbocycles. The van der Waals surface area contributed by atoms with Crippen molar-refractivity contribution in [2.24, 2.45) is 0 Å². The summed E-state index contributed by atoms with van der Waals surface area (Å²) in [7, 11) is 3.27. The summed E-state index contributed by atoms with van der Waals surface area (Å²) in [6.45, 7) is 0.535. The van der Waals surface area contributed by atoms with Crippen molar-refractivity contribution in [1.82, 2.24) is 0 Å². The average Bonchev–Trinajstić information content (AvgIpc) is 2.55. The van der Waals surface area contributed by atoms with Gasteiger partial charge in [0, 0.05) is 13.2 Å². The van der Waals surface area contributed by atoms with E-state index in [2.05, 4.69) is 11.4 Å². The molecule has 4 heteroatoms. The number of methoxy groups -OCH3 is 2. The third-order valence-corrected chi connectivity index (χ3v) is 3.20. The van der Waals surface area contributed by atoms with Crippen LogP contribution in [0.5, 0.6) is 5.75 Å². The molecule has 21 heavy (non-hydrogen) atoms. The highest BCUT2D eigenvalue weighted by atomic mass is 16.5. The fourth-order valence-corrected chi connectivity index (χ4v) is 2.14. The van der Waals surface area contributed by atoms with Gasteiger partial charge in [0.05, 0.1) is 37.1 Å². The number of hydrogen-bond donors (Lipinski definition) is 1. The number of ether oxygens (including phenoxy) is 2. The Morgan fingerprint density at radius 2 is 1.90 bits per heavy atom. The van der Waals surface area contributed by atoms with E-state index in [-0.39, 0.29) is 6.04 Å². The van der Waals surface area contributed by atoms with Crippen molar-refractivity contribution in [1.29, 1.82) is 5.26 Å². The Morgan fingerprint density at radius 3 is 2.52 bits per heavy atom. The third-order valence-electron chi connectivity index (χ3n) is 3.20. The lowest BCUT2D eigenvalue weighted by Crippen LogP contribution is -2.16. The van der Waals surface area contributed by atoms with Crippen molar-refractivity contribution in [2.75, 3.05) is 26.1 Å². The van der Waals surface area contributed by atoms with Gasteiger partial charge in [0.15, 0.2) is 0 Å². The van der Waals surface area contributed by atoms with Crippen molar-refractivity contribution in [3.05, 3.63) is 59.7 Å². The molecule has 0 heterocycles. The first-order chi connectivity index (χ1) is 10.3. The number of benzene rings is 2. The van der Waals surface area contributed by atoms with Gasteiger partial charge in [0.2, 0.25) is 0 Å². The van der Waals surface area contributed by atoms with Gasteiger partial charge in [0.1, 0.15) is 5.75 Å². The minimum Gasteiger partial charge on any atom is -0.495 e. The van der Waals surface area contributed by atoms with E-state index >= 15 is 0 Å². The molecule has 0 aliphatic heterocycles. The second-order valence-corrected chi connectivity index (χ2v) is 4.59. The van der Waals surface area contributed by atoms with Crippen molar-refractivity contribution >= 4 is 5.69 Å². The van der Waals surface area contributed by atoms with Crippen molar-refractivity contribution < 1.29 is 9.47 Å². The van der Waals surface area contributed by atoms with Gasteiger partial charge in [-0.15, -0.1) is 0 Å². The van der Waals surface area contributed by atoms with Crippen LogP contribution in [-0.2, 0) is 4.74 Å². The lowest BCUT2D eigenvalue weighted by Gasteiger charge is -2.21. The molecule has 0 spiro atoms. The average molecular weight is 282 g/mol. The Kier molecular flexibility index (Phi) is 5.19. The molecule has 4 nitrogen and oxygen atoms in total. The molecule has 108 valence electrons. The molecule has 0 amide bonds. The summed E-state index contributed by atoms with van der Waals surface area (Å²) in [6.07, 6.45) is 0. The maximum atomic E-state index is 8.95. The lowest BCUT2D eigenvalue weighted by atomic mass is 10.1. The summed E-state index contributed by atoms with van der Waals surface area (Å²) >= 11 is 0. The van der Waals surface area contributed by atoms with Gasteiger partial charge in [-0.1, -0.05) is 30.3 Å². The molecule has 0 radical (unpaired) electrons. The second-order valence-electron chi connectivity index (χ2n) is 4.59. The first kappa shape index (κ1) is 14.9. The summed E-state index contributed by atoms with van der Waals surface area (Å²) in [6, 6.07) is 17.5. The second kappa shape index (κ2) is 7.32. The number of hydrogen-bond acceptors (Lipinski definition) is 4. The quantitative estimate of drug-likeness (QED) is 0.882. The Hall–Kier alpha value is -2.51. The topological polar surface area (TPSA) is 54.3 Å². The summed E-state index contributed by atoms with van der Waals surface area (Å²) in [5.74, 6) is 0.645. The highest BCUT2D eigenvalue weighted by Crippen LogP contribution is 2.29. The van der Waals surface area contributed by atoms with E-state index in [4.69, 9.17) is 14.7 Å². The van der Waals surface area contributed by atoms with Crippen LogP contribution < -0.4 is 10.1 Å². The largest absolute Gasteiger partial charge is 0.495 e. The van der Waals surface area contributed by atoms with Crippen LogP contribution in [-0.4, -0.2) is 20.8 Å². The Morgan fingerprint density at radius 1 is 1.14 bits per heavy atom. The first-order valence-electron chi connectivity index (χ1n) is 6.67. The van der Waals surface area contributed by atoms with Gasteiger partial charge >= 0.3 is 0 Å². The van der Waals surface area contributed by atoms with Crippen LogP contribution in [0.25, 0.3) is 0 Å². The molecule has 0 aliphatic rings. The van der Waals surface area contributed by atoms with Crippen molar-refractivity contribution in [3.8, 4) is 11.8 Å². The fraction of sp³-hybridized carbons (Fsp3) is 0.235. The zero-order valence-electron chi connectivity index (χ0n) is 12.2. The van der Waals surface area contributed by atoms with Gasteiger partial charge in [-0.05, 0) is 17.7 Å². The maximum Gasteiger partial charge on any atom is 0.143 e. The molecule has 1 atom stereocenters. The van der Waals surface area contributed by atoms with Gasteiger partial charge in [0.25, 0.3) is 0 Å². The molecule has 2 rings (SSSR count). The predicted molar refractivity (Wildman–Crippen MR) is 82.4 cm³/mol. The highest BCUT2D eigenvalue weighted by Gasteiger charge is 2.13. The Balaban J connectivity index is 2.27. The maximum absolute atomic E-state index is 8.95. The van der Waals surface area contributed by atoms with Gasteiger partial charge in [-0.2, -0.15) is 5.26 Å². The van der Waals surface area contributed by atoms with Crippen molar-refractivity contribution in [2.45, 2.75) is 6.04 Å². The Bertz CT molecular complexity index is 620. The van der Waals surface area contributed by atoms with E-state index in [0.717, 1.165) is 11.3 Å². The molecule has 0 saturated heterocycles. The smallest absolute Gasteiger partial charge is 0.143 e. The number of nitrogens with zero attached hydrogens (tertiary/aromatic N) is 1. The number of rotatable bonds is 6. The minimum absolute atomic E-state index is 0.0121.